The standard InChI is InChI=1S/C20H20FN3O/c21-15-7-8-18-14(11-15)12-16(23-18)13-22-20(25)17-5-1-2-6-19(17)24-9-3-4-10-24/h1-2,5-8,11-12,23H,3-4,9-10,13H2,(H,22,25). The van der Waals surface area contributed by atoms with E-state index in [-0.39, 0.29) is 11.7 Å². The van der Waals surface area contributed by atoms with E-state index in [1.807, 2.05) is 30.3 Å². The van der Waals surface area contributed by atoms with Gasteiger partial charge in [-0.1, -0.05) is 12.1 Å². The number of carbonyl (C=O) groups is 1. The lowest BCUT2D eigenvalue weighted by Crippen LogP contribution is -2.27. The van der Waals surface area contributed by atoms with E-state index in [1.165, 1.54) is 25.0 Å². The number of para-hydroxylation sites is 1. The summed E-state index contributed by atoms with van der Waals surface area (Å²) in [6.07, 6.45) is 2.34. The minimum absolute atomic E-state index is 0.0904. The minimum atomic E-state index is -0.262. The molecule has 0 atom stereocenters. The SMILES string of the molecule is O=C(NCc1cc2cc(F)ccc2[nH]1)c1ccccc1N1CCCC1. The molecule has 1 aliphatic rings. The van der Waals surface area contributed by atoms with Gasteiger partial charge in [-0.25, -0.2) is 4.39 Å². The molecule has 2 heterocycles. The molecule has 1 fully saturated rings. The van der Waals surface area contributed by atoms with Crippen LogP contribution in [-0.4, -0.2) is 24.0 Å². The summed E-state index contributed by atoms with van der Waals surface area (Å²) in [6.45, 7) is 2.37. The van der Waals surface area contributed by atoms with Crippen LogP contribution in [0.5, 0.6) is 0 Å². The molecule has 2 aromatic carbocycles. The summed E-state index contributed by atoms with van der Waals surface area (Å²) >= 11 is 0. The van der Waals surface area contributed by atoms with Crippen molar-refractivity contribution in [1.82, 2.24) is 10.3 Å². The predicted molar refractivity (Wildman–Crippen MR) is 97.3 cm³/mol. The topological polar surface area (TPSA) is 48.1 Å². The molecule has 128 valence electrons. The molecule has 25 heavy (non-hydrogen) atoms. The second-order valence-electron chi connectivity index (χ2n) is 6.42. The van der Waals surface area contributed by atoms with Crippen molar-refractivity contribution < 1.29 is 9.18 Å². The number of rotatable bonds is 4. The molecule has 0 spiro atoms. The van der Waals surface area contributed by atoms with E-state index in [9.17, 15) is 9.18 Å². The molecule has 0 bridgehead atoms. The number of nitrogens with one attached hydrogen (secondary N) is 2. The average molecular weight is 337 g/mol. The van der Waals surface area contributed by atoms with Crippen molar-refractivity contribution in [2.45, 2.75) is 19.4 Å². The summed E-state index contributed by atoms with van der Waals surface area (Å²) in [7, 11) is 0. The largest absolute Gasteiger partial charge is 0.371 e. The van der Waals surface area contributed by atoms with E-state index in [0.717, 1.165) is 35.4 Å². The molecule has 1 aliphatic heterocycles. The number of halogens is 1. The Bertz CT molecular complexity index is 912. The number of benzene rings is 2. The Morgan fingerprint density at radius 2 is 1.92 bits per heavy atom. The maximum atomic E-state index is 13.3. The van der Waals surface area contributed by atoms with Gasteiger partial charge in [0.15, 0.2) is 0 Å². The van der Waals surface area contributed by atoms with Crippen molar-refractivity contribution in [2.75, 3.05) is 18.0 Å². The number of amides is 1. The number of hydrogen-bond donors (Lipinski definition) is 2. The van der Waals surface area contributed by atoms with E-state index in [4.69, 9.17) is 0 Å². The molecule has 5 heteroatoms. The third-order valence-electron chi connectivity index (χ3n) is 4.67. The molecular weight excluding hydrogens is 317 g/mol. The highest BCUT2D eigenvalue weighted by molar-refractivity contribution is 5.99. The van der Waals surface area contributed by atoms with Gasteiger partial charge in [-0.05, 0) is 49.2 Å². The van der Waals surface area contributed by atoms with Gasteiger partial charge in [-0.15, -0.1) is 0 Å². The van der Waals surface area contributed by atoms with Crippen molar-refractivity contribution in [3.8, 4) is 0 Å². The zero-order valence-electron chi connectivity index (χ0n) is 13.9. The molecule has 2 N–H and O–H groups in total. The van der Waals surface area contributed by atoms with Gasteiger partial charge in [0.25, 0.3) is 5.91 Å². The van der Waals surface area contributed by atoms with E-state index < -0.39 is 0 Å². The minimum Gasteiger partial charge on any atom is -0.371 e. The van der Waals surface area contributed by atoms with Crippen molar-refractivity contribution in [3.05, 3.63) is 65.6 Å². The van der Waals surface area contributed by atoms with Crippen LogP contribution in [0.4, 0.5) is 10.1 Å². The second-order valence-corrected chi connectivity index (χ2v) is 6.42. The van der Waals surface area contributed by atoms with Gasteiger partial charge in [0, 0.05) is 35.4 Å². The molecule has 0 saturated carbocycles. The zero-order valence-corrected chi connectivity index (χ0v) is 13.9. The second kappa shape index (κ2) is 6.59. The number of H-pyrrole nitrogens is 1. The van der Waals surface area contributed by atoms with E-state index in [2.05, 4.69) is 15.2 Å². The lowest BCUT2D eigenvalue weighted by atomic mass is 10.1. The number of nitrogens with zero attached hydrogens (tertiary/aromatic N) is 1. The van der Waals surface area contributed by atoms with Gasteiger partial charge in [0.1, 0.15) is 5.82 Å². The van der Waals surface area contributed by atoms with Gasteiger partial charge >= 0.3 is 0 Å². The summed E-state index contributed by atoms with van der Waals surface area (Å²) in [4.78, 5) is 18.1. The van der Waals surface area contributed by atoms with Crippen LogP contribution in [0.3, 0.4) is 0 Å². The van der Waals surface area contributed by atoms with Crippen LogP contribution in [0.15, 0.2) is 48.5 Å². The molecule has 4 nitrogen and oxygen atoms in total. The Labute approximate surface area is 145 Å². The van der Waals surface area contributed by atoms with E-state index >= 15 is 0 Å². The summed E-state index contributed by atoms with van der Waals surface area (Å²) in [5.41, 5.74) is 3.42. The lowest BCUT2D eigenvalue weighted by molar-refractivity contribution is 0.0951. The molecule has 3 aromatic rings. The number of fused-ring (bicyclic) bond motifs is 1. The summed E-state index contributed by atoms with van der Waals surface area (Å²) in [6, 6.07) is 14.2. The third kappa shape index (κ3) is 3.22. The third-order valence-corrected chi connectivity index (χ3v) is 4.67. The van der Waals surface area contributed by atoms with Crippen molar-refractivity contribution in [1.29, 1.82) is 0 Å². The first kappa shape index (κ1) is 15.7. The van der Waals surface area contributed by atoms with Crippen molar-refractivity contribution in [2.24, 2.45) is 0 Å². The van der Waals surface area contributed by atoms with Crippen LogP contribution in [0.25, 0.3) is 10.9 Å². The summed E-state index contributed by atoms with van der Waals surface area (Å²) in [5, 5.41) is 3.77. The van der Waals surface area contributed by atoms with Crippen LogP contribution in [0.2, 0.25) is 0 Å². The molecule has 4 rings (SSSR count). The fraction of sp³-hybridized carbons (Fsp3) is 0.250. The monoisotopic (exact) mass is 337 g/mol. The van der Waals surface area contributed by atoms with Crippen LogP contribution in [0, 0.1) is 5.82 Å². The van der Waals surface area contributed by atoms with Crippen LogP contribution in [-0.2, 0) is 6.54 Å². The summed E-state index contributed by atoms with van der Waals surface area (Å²) < 4.78 is 13.3. The molecule has 0 unspecified atom stereocenters. The molecular formula is C20H20FN3O. The Morgan fingerprint density at radius 1 is 1.12 bits per heavy atom. The molecule has 0 aliphatic carbocycles. The number of carbonyl (C=O) groups excluding carboxylic acids is 1. The van der Waals surface area contributed by atoms with Gasteiger partial charge in [-0.2, -0.15) is 0 Å². The number of hydrogen-bond acceptors (Lipinski definition) is 2. The van der Waals surface area contributed by atoms with Crippen LogP contribution < -0.4 is 10.2 Å². The maximum Gasteiger partial charge on any atom is 0.253 e. The number of aromatic nitrogens is 1. The smallest absolute Gasteiger partial charge is 0.253 e. The first-order valence-electron chi connectivity index (χ1n) is 8.60. The lowest BCUT2D eigenvalue weighted by Gasteiger charge is -2.20. The molecule has 1 saturated heterocycles. The molecule has 1 amide bonds. The van der Waals surface area contributed by atoms with Gasteiger partial charge in [0.05, 0.1) is 12.1 Å². The predicted octanol–water partition coefficient (Wildman–Crippen LogP) is 3.84. The first-order valence-corrected chi connectivity index (χ1v) is 8.60. The van der Waals surface area contributed by atoms with Crippen LogP contribution in [0.1, 0.15) is 28.9 Å². The van der Waals surface area contributed by atoms with E-state index in [1.54, 1.807) is 6.07 Å². The van der Waals surface area contributed by atoms with Gasteiger partial charge in [-0.3, -0.25) is 4.79 Å². The van der Waals surface area contributed by atoms with Crippen LogP contribution >= 0.6 is 0 Å². The Kier molecular flexibility index (Phi) is 4.14. The maximum absolute atomic E-state index is 13.3. The van der Waals surface area contributed by atoms with E-state index in [0.29, 0.717) is 12.1 Å². The normalized spacial score (nSPS) is 14.2. The van der Waals surface area contributed by atoms with Crippen molar-refractivity contribution >= 4 is 22.5 Å². The Morgan fingerprint density at radius 3 is 2.76 bits per heavy atom. The molecule has 1 aromatic heterocycles. The zero-order chi connectivity index (χ0) is 17.2. The fourth-order valence-electron chi connectivity index (χ4n) is 3.43. The Hall–Kier alpha value is -2.82. The Balaban J connectivity index is 1.50. The summed E-state index contributed by atoms with van der Waals surface area (Å²) in [5.74, 6) is -0.353. The first-order chi connectivity index (χ1) is 12.2. The van der Waals surface area contributed by atoms with Gasteiger partial charge < -0.3 is 15.2 Å². The highest BCUT2D eigenvalue weighted by atomic mass is 19.1. The molecule has 0 radical (unpaired) electrons. The highest BCUT2D eigenvalue weighted by Gasteiger charge is 2.19. The quantitative estimate of drug-likeness (QED) is 0.760. The van der Waals surface area contributed by atoms with Crippen molar-refractivity contribution in [3.63, 3.8) is 0 Å². The number of aromatic amines is 1. The average Bonchev–Trinajstić information content (AvgIpc) is 3.28. The fourth-order valence-corrected chi connectivity index (χ4v) is 3.43. The number of anilines is 1. The highest BCUT2D eigenvalue weighted by Crippen LogP contribution is 2.24. The van der Waals surface area contributed by atoms with Gasteiger partial charge in [0.2, 0.25) is 0 Å².